The van der Waals surface area contributed by atoms with Gasteiger partial charge < -0.3 is 10.1 Å². The monoisotopic (exact) mass is 419 g/mol. The van der Waals surface area contributed by atoms with Crippen molar-refractivity contribution in [2.45, 2.75) is 17.4 Å². The Labute approximate surface area is 168 Å². The van der Waals surface area contributed by atoms with Crippen molar-refractivity contribution in [1.82, 2.24) is 15.4 Å². The summed E-state index contributed by atoms with van der Waals surface area (Å²) < 4.78 is 31.8. The minimum Gasteiger partial charge on any atom is -0.447 e. The molecule has 2 rings (SSSR count). The number of sulfonamides is 1. The summed E-state index contributed by atoms with van der Waals surface area (Å²) in [5, 5.41) is 4.29. The van der Waals surface area contributed by atoms with Crippen molar-refractivity contribution in [2.75, 3.05) is 13.6 Å². The lowest BCUT2D eigenvalue weighted by Crippen LogP contribution is -2.41. The van der Waals surface area contributed by atoms with Gasteiger partial charge in [0, 0.05) is 19.2 Å². The van der Waals surface area contributed by atoms with Crippen LogP contribution in [0.1, 0.15) is 18.1 Å². The predicted octanol–water partition coefficient (Wildman–Crippen LogP) is 1.10. The summed E-state index contributed by atoms with van der Waals surface area (Å²) in [6, 6.07) is 15.1. The van der Waals surface area contributed by atoms with Crippen molar-refractivity contribution in [3.8, 4) is 0 Å². The summed E-state index contributed by atoms with van der Waals surface area (Å²) in [6.45, 7) is -0.214. The van der Waals surface area contributed by atoms with Crippen molar-refractivity contribution >= 4 is 27.9 Å². The Bertz CT molecular complexity index is 948. The Hall–Kier alpha value is -3.24. The molecule has 0 unspecified atom stereocenters. The maximum Gasteiger partial charge on any atom is 0.321 e. The standard InChI is InChI=1S/C19H21N3O6S/c1-20-19(25)22-18(24)17(14-8-4-2-5-9-14)28-16(23)12-13-21-29(26,27)15-10-6-3-7-11-15/h2-11,17,21H,12-13H2,1H3,(H2,20,22,24,25)/t17-/m1/s1. The molecule has 3 N–H and O–H groups in total. The number of rotatable bonds is 8. The van der Waals surface area contributed by atoms with Gasteiger partial charge >= 0.3 is 12.0 Å². The highest BCUT2D eigenvalue weighted by molar-refractivity contribution is 7.89. The first kappa shape index (κ1) is 22.1. The van der Waals surface area contributed by atoms with Gasteiger partial charge in [0.25, 0.3) is 5.91 Å². The molecule has 2 aromatic rings. The molecule has 154 valence electrons. The van der Waals surface area contributed by atoms with Crippen molar-refractivity contribution < 1.29 is 27.5 Å². The van der Waals surface area contributed by atoms with Gasteiger partial charge in [-0.1, -0.05) is 48.5 Å². The van der Waals surface area contributed by atoms with E-state index >= 15 is 0 Å². The lowest BCUT2D eigenvalue weighted by molar-refractivity contribution is -0.156. The van der Waals surface area contributed by atoms with E-state index in [2.05, 4.69) is 15.4 Å². The number of urea groups is 1. The molecule has 0 aliphatic carbocycles. The number of esters is 1. The van der Waals surface area contributed by atoms with Crippen molar-refractivity contribution in [3.05, 3.63) is 66.2 Å². The van der Waals surface area contributed by atoms with E-state index in [9.17, 15) is 22.8 Å². The number of hydrogen-bond donors (Lipinski definition) is 3. The molecule has 0 fully saturated rings. The Morgan fingerprint density at radius 1 is 0.966 bits per heavy atom. The smallest absolute Gasteiger partial charge is 0.321 e. The second-order valence-corrected chi connectivity index (χ2v) is 7.58. The molecule has 0 bridgehead atoms. The van der Waals surface area contributed by atoms with Gasteiger partial charge in [0.2, 0.25) is 16.1 Å². The van der Waals surface area contributed by atoms with E-state index in [1.165, 1.54) is 19.2 Å². The minimum atomic E-state index is -3.76. The van der Waals surface area contributed by atoms with Crippen LogP contribution in [0.3, 0.4) is 0 Å². The number of benzene rings is 2. The summed E-state index contributed by atoms with van der Waals surface area (Å²) in [5.41, 5.74) is 0.368. The summed E-state index contributed by atoms with van der Waals surface area (Å²) >= 11 is 0. The maximum atomic E-state index is 12.3. The van der Waals surface area contributed by atoms with Crippen LogP contribution < -0.4 is 15.4 Å². The van der Waals surface area contributed by atoms with Crippen LogP contribution in [0.25, 0.3) is 0 Å². The van der Waals surface area contributed by atoms with Gasteiger partial charge in [-0.2, -0.15) is 0 Å². The van der Waals surface area contributed by atoms with E-state index in [0.717, 1.165) is 0 Å². The number of nitrogens with one attached hydrogen (secondary N) is 3. The zero-order valence-electron chi connectivity index (χ0n) is 15.6. The number of hydrogen-bond acceptors (Lipinski definition) is 6. The highest BCUT2D eigenvalue weighted by Crippen LogP contribution is 2.18. The molecule has 2 aromatic carbocycles. The van der Waals surface area contributed by atoms with E-state index in [-0.39, 0.29) is 17.9 Å². The van der Waals surface area contributed by atoms with Gasteiger partial charge in [-0.25, -0.2) is 17.9 Å². The fraction of sp³-hybridized carbons (Fsp3) is 0.211. The lowest BCUT2D eigenvalue weighted by atomic mass is 10.1. The third-order valence-corrected chi connectivity index (χ3v) is 5.21. The molecule has 29 heavy (non-hydrogen) atoms. The van der Waals surface area contributed by atoms with Crippen molar-refractivity contribution in [3.63, 3.8) is 0 Å². The average molecular weight is 419 g/mol. The predicted molar refractivity (Wildman–Crippen MR) is 104 cm³/mol. The lowest BCUT2D eigenvalue weighted by Gasteiger charge is -2.17. The average Bonchev–Trinajstić information content (AvgIpc) is 2.73. The van der Waals surface area contributed by atoms with E-state index in [1.807, 2.05) is 0 Å². The molecule has 0 aliphatic rings. The summed E-state index contributed by atoms with van der Waals surface area (Å²) in [5.74, 6) is -1.63. The van der Waals surface area contributed by atoms with E-state index in [4.69, 9.17) is 4.74 Å². The molecular weight excluding hydrogens is 398 g/mol. The molecule has 10 heteroatoms. The molecule has 0 aliphatic heterocycles. The van der Waals surface area contributed by atoms with Gasteiger partial charge in [-0.05, 0) is 12.1 Å². The fourth-order valence-electron chi connectivity index (χ4n) is 2.30. The van der Waals surface area contributed by atoms with E-state index in [0.29, 0.717) is 5.56 Å². The minimum absolute atomic E-state index is 0.0699. The number of amides is 3. The highest BCUT2D eigenvalue weighted by atomic mass is 32.2. The molecule has 0 spiro atoms. The quantitative estimate of drug-likeness (QED) is 0.549. The van der Waals surface area contributed by atoms with Gasteiger partial charge in [0.15, 0.2) is 0 Å². The van der Waals surface area contributed by atoms with Gasteiger partial charge in [0.05, 0.1) is 11.3 Å². The molecule has 0 aromatic heterocycles. The van der Waals surface area contributed by atoms with E-state index in [1.54, 1.807) is 48.5 Å². The normalized spacial score (nSPS) is 11.9. The first-order valence-corrected chi connectivity index (χ1v) is 10.1. The Morgan fingerprint density at radius 3 is 2.14 bits per heavy atom. The number of carbonyl (C=O) groups excluding carboxylic acids is 3. The zero-order chi connectivity index (χ0) is 21.3. The summed E-state index contributed by atoms with van der Waals surface area (Å²) in [4.78, 5) is 35.9. The second kappa shape index (κ2) is 10.3. The highest BCUT2D eigenvalue weighted by Gasteiger charge is 2.26. The topological polar surface area (TPSA) is 131 Å². The van der Waals surface area contributed by atoms with Gasteiger partial charge in [-0.15, -0.1) is 0 Å². The number of ether oxygens (including phenoxy) is 1. The first-order chi connectivity index (χ1) is 13.8. The second-order valence-electron chi connectivity index (χ2n) is 5.81. The molecule has 0 saturated carbocycles. The molecule has 0 heterocycles. The van der Waals surface area contributed by atoms with Crippen LogP contribution in [0, 0.1) is 0 Å². The van der Waals surface area contributed by atoms with Gasteiger partial charge in [0.1, 0.15) is 0 Å². The molecular formula is C19H21N3O6S. The third-order valence-electron chi connectivity index (χ3n) is 3.73. The number of imide groups is 1. The van der Waals surface area contributed by atoms with Crippen LogP contribution in [0.2, 0.25) is 0 Å². The first-order valence-electron chi connectivity index (χ1n) is 8.65. The number of carbonyl (C=O) groups is 3. The van der Waals surface area contributed by atoms with E-state index < -0.39 is 34.0 Å². The summed E-state index contributed by atoms with van der Waals surface area (Å²) in [6.07, 6.45) is -1.66. The molecule has 1 atom stereocenters. The van der Waals surface area contributed by atoms with Crippen LogP contribution in [0.5, 0.6) is 0 Å². The largest absolute Gasteiger partial charge is 0.447 e. The van der Waals surface area contributed by atoms with Crippen molar-refractivity contribution in [1.29, 1.82) is 0 Å². The molecule has 3 amide bonds. The van der Waals surface area contributed by atoms with Gasteiger partial charge in [-0.3, -0.25) is 14.9 Å². The Kier molecular flexibility index (Phi) is 7.87. The Morgan fingerprint density at radius 2 is 1.55 bits per heavy atom. The molecule has 0 saturated heterocycles. The third kappa shape index (κ3) is 6.70. The summed E-state index contributed by atoms with van der Waals surface area (Å²) in [7, 11) is -2.42. The zero-order valence-corrected chi connectivity index (χ0v) is 16.4. The SMILES string of the molecule is CNC(=O)NC(=O)[C@H](OC(=O)CCNS(=O)(=O)c1ccccc1)c1ccccc1. The van der Waals surface area contributed by atoms with Crippen LogP contribution >= 0.6 is 0 Å². The molecule has 9 nitrogen and oxygen atoms in total. The van der Waals surface area contributed by atoms with Crippen LogP contribution in [-0.4, -0.2) is 39.9 Å². The fourth-order valence-corrected chi connectivity index (χ4v) is 3.35. The van der Waals surface area contributed by atoms with Crippen LogP contribution in [-0.2, 0) is 24.3 Å². The maximum absolute atomic E-state index is 12.3. The van der Waals surface area contributed by atoms with Crippen LogP contribution in [0.15, 0.2) is 65.6 Å². The molecule has 0 radical (unpaired) electrons. The Balaban J connectivity index is 1.99. The van der Waals surface area contributed by atoms with Crippen LogP contribution in [0.4, 0.5) is 4.79 Å². The van der Waals surface area contributed by atoms with Crippen molar-refractivity contribution in [2.24, 2.45) is 0 Å².